The molecule has 0 bridgehead atoms. The van der Waals surface area contributed by atoms with Crippen molar-refractivity contribution in [3.05, 3.63) is 46.4 Å². The van der Waals surface area contributed by atoms with Gasteiger partial charge in [0, 0.05) is 11.7 Å². The largest absolute Gasteiger partial charge is 0.416 e. The molecule has 0 N–H and O–H groups in total. The van der Waals surface area contributed by atoms with Gasteiger partial charge in [0.1, 0.15) is 0 Å². The molecule has 0 aromatic heterocycles. The second-order valence-corrected chi connectivity index (χ2v) is 5.08. The third-order valence-corrected chi connectivity index (χ3v) is 3.71. The molecule has 1 unspecified atom stereocenters. The molecule has 0 saturated heterocycles. The Morgan fingerprint density at radius 3 is 2.25 bits per heavy atom. The molecule has 0 radical (unpaired) electrons. The lowest BCUT2D eigenvalue weighted by Crippen LogP contribution is -2.05. The Bertz CT molecular complexity index is 403. The van der Waals surface area contributed by atoms with Crippen LogP contribution in [0.2, 0.25) is 0 Å². The number of alkyl halides is 3. The molecule has 1 aromatic rings. The van der Waals surface area contributed by atoms with E-state index in [1.807, 2.05) is 6.92 Å². The normalized spacial score (nSPS) is 21.0. The smallest absolute Gasteiger partial charge is 0.166 e. The first-order valence-electron chi connectivity index (χ1n) is 4.95. The number of benzene rings is 1. The highest BCUT2D eigenvalue weighted by atomic mass is 32.2. The monoisotopic (exact) mass is 244 g/mol. The molecule has 4 heteroatoms. The van der Waals surface area contributed by atoms with Gasteiger partial charge in [0.2, 0.25) is 0 Å². The van der Waals surface area contributed by atoms with Gasteiger partial charge < -0.3 is 0 Å². The third-order valence-electron chi connectivity index (χ3n) is 2.59. The number of thioether (sulfide) groups is 1. The highest BCUT2D eigenvalue weighted by molar-refractivity contribution is 8.03. The molecule has 16 heavy (non-hydrogen) atoms. The topological polar surface area (TPSA) is 0 Å². The Labute approximate surface area is 96.5 Å². The Morgan fingerprint density at radius 2 is 1.81 bits per heavy atom. The fourth-order valence-corrected chi connectivity index (χ4v) is 2.70. The van der Waals surface area contributed by atoms with Gasteiger partial charge in [-0.2, -0.15) is 13.2 Å². The molecular weight excluding hydrogens is 233 g/mol. The number of hydrogen-bond donors (Lipinski definition) is 0. The van der Waals surface area contributed by atoms with Crippen molar-refractivity contribution in [3.8, 4) is 0 Å². The molecule has 0 nitrogen and oxygen atoms in total. The minimum Gasteiger partial charge on any atom is -0.166 e. The summed E-state index contributed by atoms with van der Waals surface area (Å²) in [6, 6.07) is 5.45. The van der Waals surface area contributed by atoms with E-state index in [1.165, 1.54) is 4.91 Å². The molecular formula is C12H11F3S. The Kier molecular flexibility index (Phi) is 3.02. The molecule has 0 fully saturated rings. The van der Waals surface area contributed by atoms with E-state index in [9.17, 15) is 13.2 Å². The van der Waals surface area contributed by atoms with Crippen LogP contribution in [0, 0.1) is 0 Å². The van der Waals surface area contributed by atoms with Crippen molar-refractivity contribution >= 4 is 11.8 Å². The summed E-state index contributed by atoms with van der Waals surface area (Å²) in [6.45, 7) is 2.02. The van der Waals surface area contributed by atoms with E-state index in [1.54, 1.807) is 23.9 Å². The quantitative estimate of drug-likeness (QED) is 0.703. The van der Waals surface area contributed by atoms with Gasteiger partial charge in [-0.05, 0) is 29.5 Å². The molecule has 1 aliphatic rings. The van der Waals surface area contributed by atoms with Gasteiger partial charge in [0.05, 0.1) is 5.56 Å². The molecule has 0 amide bonds. The van der Waals surface area contributed by atoms with Gasteiger partial charge >= 0.3 is 6.18 Å². The lowest BCUT2D eigenvalue weighted by Gasteiger charge is -2.10. The van der Waals surface area contributed by atoms with Crippen LogP contribution in [0.5, 0.6) is 0 Å². The first-order chi connectivity index (χ1) is 7.47. The van der Waals surface area contributed by atoms with E-state index in [0.717, 1.165) is 23.4 Å². The van der Waals surface area contributed by atoms with Crippen LogP contribution in [0.25, 0.3) is 0 Å². The SMILES string of the molecule is CC1=CC(c2ccc(C(F)(F)F)cc2)CS1. The number of rotatable bonds is 1. The van der Waals surface area contributed by atoms with Crippen molar-refractivity contribution in [2.24, 2.45) is 0 Å². The van der Waals surface area contributed by atoms with Gasteiger partial charge in [-0.15, -0.1) is 11.8 Å². The molecule has 2 rings (SSSR count). The van der Waals surface area contributed by atoms with Gasteiger partial charge in [0.25, 0.3) is 0 Å². The zero-order valence-corrected chi connectivity index (χ0v) is 9.53. The van der Waals surface area contributed by atoms with E-state index >= 15 is 0 Å². The fraction of sp³-hybridized carbons (Fsp3) is 0.333. The Morgan fingerprint density at radius 1 is 1.19 bits per heavy atom. The summed E-state index contributed by atoms with van der Waals surface area (Å²) in [5.74, 6) is 1.18. The predicted octanol–water partition coefficient (Wildman–Crippen LogP) is 4.44. The summed E-state index contributed by atoms with van der Waals surface area (Å²) < 4.78 is 37.0. The van der Waals surface area contributed by atoms with Crippen molar-refractivity contribution < 1.29 is 13.2 Å². The van der Waals surface area contributed by atoms with Crippen LogP contribution in [0.15, 0.2) is 35.2 Å². The lowest BCUT2D eigenvalue weighted by molar-refractivity contribution is -0.137. The maximum atomic E-state index is 12.3. The third kappa shape index (κ3) is 2.43. The van der Waals surface area contributed by atoms with Crippen molar-refractivity contribution in [1.29, 1.82) is 0 Å². The molecule has 0 spiro atoms. The van der Waals surface area contributed by atoms with E-state index in [0.29, 0.717) is 0 Å². The molecule has 1 aromatic carbocycles. The van der Waals surface area contributed by atoms with Crippen LogP contribution in [0.3, 0.4) is 0 Å². The minimum atomic E-state index is -4.24. The van der Waals surface area contributed by atoms with Crippen LogP contribution < -0.4 is 0 Å². The standard InChI is InChI=1S/C12H11F3S/c1-8-6-10(7-16-8)9-2-4-11(5-3-9)12(13,14)15/h2-6,10H,7H2,1H3. The Balaban J connectivity index is 2.20. The van der Waals surface area contributed by atoms with Gasteiger partial charge in [-0.3, -0.25) is 0 Å². The highest BCUT2D eigenvalue weighted by Gasteiger charge is 2.30. The van der Waals surface area contributed by atoms with Crippen molar-refractivity contribution in [1.82, 2.24) is 0 Å². The number of halogens is 3. The molecule has 0 aliphatic carbocycles. The van der Waals surface area contributed by atoms with Crippen LogP contribution in [-0.2, 0) is 6.18 Å². The molecule has 1 aliphatic heterocycles. The lowest BCUT2D eigenvalue weighted by atomic mass is 9.99. The Hall–Kier alpha value is -0.900. The van der Waals surface area contributed by atoms with Crippen molar-refractivity contribution in [2.45, 2.75) is 19.0 Å². The van der Waals surface area contributed by atoms with Gasteiger partial charge in [0.15, 0.2) is 0 Å². The second-order valence-electron chi connectivity index (χ2n) is 3.81. The fourth-order valence-electron chi connectivity index (χ4n) is 1.71. The van der Waals surface area contributed by atoms with Crippen molar-refractivity contribution in [2.75, 3.05) is 5.75 Å². The minimum absolute atomic E-state index is 0.257. The van der Waals surface area contributed by atoms with E-state index in [4.69, 9.17) is 0 Å². The average Bonchev–Trinajstić information content (AvgIpc) is 2.64. The summed E-state index contributed by atoms with van der Waals surface area (Å²) >= 11 is 1.75. The first kappa shape index (κ1) is 11.6. The zero-order valence-electron chi connectivity index (χ0n) is 8.71. The highest BCUT2D eigenvalue weighted by Crippen LogP contribution is 2.36. The van der Waals surface area contributed by atoms with Crippen LogP contribution in [0.4, 0.5) is 13.2 Å². The summed E-state index contributed by atoms with van der Waals surface area (Å²) in [5.41, 5.74) is 0.375. The van der Waals surface area contributed by atoms with E-state index in [2.05, 4.69) is 6.08 Å². The molecule has 0 saturated carbocycles. The van der Waals surface area contributed by atoms with Crippen LogP contribution >= 0.6 is 11.8 Å². The van der Waals surface area contributed by atoms with Crippen LogP contribution in [-0.4, -0.2) is 5.75 Å². The van der Waals surface area contributed by atoms with Gasteiger partial charge in [-0.1, -0.05) is 18.2 Å². The molecule has 86 valence electrons. The summed E-state index contributed by atoms with van der Waals surface area (Å²) in [6.07, 6.45) is -2.14. The first-order valence-corrected chi connectivity index (χ1v) is 5.94. The van der Waals surface area contributed by atoms with E-state index < -0.39 is 11.7 Å². The van der Waals surface area contributed by atoms with E-state index in [-0.39, 0.29) is 5.92 Å². The second kappa shape index (κ2) is 4.17. The molecule has 1 atom stereocenters. The van der Waals surface area contributed by atoms with Crippen LogP contribution in [0.1, 0.15) is 24.0 Å². The van der Waals surface area contributed by atoms with Crippen molar-refractivity contribution in [3.63, 3.8) is 0 Å². The number of allylic oxidation sites excluding steroid dienone is 2. The maximum Gasteiger partial charge on any atom is 0.416 e. The average molecular weight is 244 g/mol. The van der Waals surface area contributed by atoms with Gasteiger partial charge in [-0.25, -0.2) is 0 Å². The predicted molar refractivity (Wildman–Crippen MR) is 60.4 cm³/mol. The summed E-state index contributed by atoms with van der Waals surface area (Å²) in [7, 11) is 0. The molecule has 1 heterocycles. The zero-order chi connectivity index (χ0) is 11.8. The summed E-state index contributed by atoms with van der Waals surface area (Å²) in [5, 5.41) is 0. The number of hydrogen-bond acceptors (Lipinski definition) is 1. The maximum absolute atomic E-state index is 12.3. The summed E-state index contributed by atoms with van der Waals surface area (Å²) in [4.78, 5) is 1.24.